The van der Waals surface area contributed by atoms with Crippen molar-refractivity contribution in [2.75, 3.05) is 6.54 Å². The molecule has 0 aliphatic rings. The third-order valence-corrected chi connectivity index (χ3v) is 2.83. The van der Waals surface area contributed by atoms with Crippen molar-refractivity contribution < 1.29 is 9.53 Å². The average molecular weight is 264 g/mol. The van der Waals surface area contributed by atoms with E-state index >= 15 is 0 Å². The highest BCUT2D eigenvalue weighted by Crippen LogP contribution is 2.24. The van der Waals surface area contributed by atoms with Crippen LogP contribution in [0.25, 0.3) is 0 Å². The van der Waals surface area contributed by atoms with Crippen LogP contribution in [0, 0.1) is 0 Å². The largest absolute Gasteiger partial charge is 0.444 e. The summed E-state index contributed by atoms with van der Waals surface area (Å²) in [6.45, 7) is 7.97. The molecule has 1 amide bonds. The molecule has 1 unspecified atom stereocenters. The molecule has 1 atom stereocenters. The minimum Gasteiger partial charge on any atom is -0.444 e. The number of carbonyl (C=O) groups is 1. The van der Waals surface area contributed by atoms with Crippen LogP contribution in [0.4, 0.5) is 4.79 Å². The zero-order chi connectivity index (χ0) is 14.5. The fraction of sp³-hybridized carbons (Fsp3) is 0.533. The first-order valence-electron chi connectivity index (χ1n) is 6.53. The van der Waals surface area contributed by atoms with Crippen molar-refractivity contribution in [3.63, 3.8) is 0 Å². The maximum absolute atomic E-state index is 11.9. The third-order valence-electron chi connectivity index (χ3n) is 2.83. The topological polar surface area (TPSA) is 64.3 Å². The molecule has 0 aromatic heterocycles. The van der Waals surface area contributed by atoms with Gasteiger partial charge in [0.1, 0.15) is 5.60 Å². The fourth-order valence-electron chi connectivity index (χ4n) is 1.90. The summed E-state index contributed by atoms with van der Waals surface area (Å²) in [5.41, 5.74) is 5.66. The quantitative estimate of drug-likeness (QED) is 0.879. The highest BCUT2D eigenvalue weighted by atomic mass is 16.6. The van der Waals surface area contributed by atoms with Crippen LogP contribution in [0.3, 0.4) is 0 Å². The van der Waals surface area contributed by atoms with Gasteiger partial charge < -0.3 is 15.8 Å². The Bertz CT molecular complexity index is 412. The lowest BCUT2D eigenvalue weighted by atomic mass is 9.89. The number of carbonyl (C=O) groups excluding carboxylic acids is 1. The highest BCUT2D eigenvalue weighted by molar-refractivity contribution is 5.69. The maximum atomic E-state index is 11.9. The molecular formula is C15H24N2O2. The van der Waals surface area contributed by atoms with Gasteiger partial charge in [-0.1, -0.05) is 30.3 Å². The van der Waals surface area contributed by atoms with Gasteiger partial charge in [0.2, 0.25) is 0 Å². The van der Waals surface area contributed by atoms with E-state index in [4.69, 9.17) is 10.5 Å². The molecule has 0 heterocycles. The van der Waals surface area contributed by atoms with Crippen molar-refractivity contribution >= 4 is 6.09 Å². The second-order valence-corrected chi connectivity index (χ2v) is 5.86. The normalized spacial score (nSPS) is 14.6. The minimum atomic E-state index is -0.516. The SMILES string of the molecule is CC(C)(C)OC(=O)NC(C)(CCN)c1ccccc1. The predicted molar refractivity (Wildman–Crippen MR) is 76.8 cm³/mol. The molecule has 4 heteroatoms. The van der Waals surface area contributed by atoms with Crippen LogP contribution in [-0.4, -0.2) is 18.2 Å². The Morgan fingerprint density at radius 2 is 1.79 bits per heavy atom. The molecule has 3 N–H and O–H groups in total. The van der Waals surface area contributed by atoms with Crippen LogP contribution in [0.2, 0.25) is 0 Å². The highest BCUT2D eigenvalue weighted by Gasteiger charge is 2.29. The maximum Gasteiger partial charge on any atom is 0.408 e. The van der Waals surface area contributed by atoms with Crippen LogP contribution in [0.1, 0.15) is 39.7 Å². The lowest BCUT2D eigenvalue weighted by Crippen LogP contribution is -2.46. The number of rotatable bonds is 4. The molecule has 0 aliphatic heterocycles. The molecule has 0 aliphatic carbocycles. The van der Waals surface area contributed by atoms with Gasteiger partial charge in [-0.3, -0.25) is 0 Å². The molecule has 19 heavy (non-hydrogen) atoms. The molecule has 4 nitrogen and oxygen atoms in total. The number of amides is 1. The van der Waals surface area contributed by atoms with Crippen molar-refractivity contribution in [1.29, 1.82) is 0 Å². The zero-order valence-electron chi connectivity index (χ0n) is 12.2. The Morgan fingerprint density at radius 1 is 1.21 bits per heavy atom. The van der Waals surface area contributed by atoms with Gasteiger partial charge in [0, 0.05) is 0 Å². The van der Waals surface area contributed by atoms with E-state index in [0.717, 1.165) is 5.56 Å². The van der Waals surface area contributed by atoms with E-state index in [1.165, 1.54) is 0 Å². The number of hydrogen-bond acceptors (Lipinski definition) is 3. The van der Waals surface area contributed by atoms with E-state index < -0.39 is 17.2 Å². The van der Waals surface area contributed by atoms with Crippen molar-refractivity contribution in [3.8, 4) is 0 Å². The zero-order valence-corrected chi connectivity index (χ0v) is 12.2. The summed E-state index contributed by atoms with van der Waals surface area (Å²) in [5, 5.41) is 2.93. The standard InChI is InChI=1S/C15H24N2O2/c1-14(2,3)19-13(18)17-15(4,10-11-16)12-8-6-5-7-9-12/h5-9H,10-11,16H2,1-4H3,(H,17,18). The number of nitrogens with two attached hydrogens (primary N) is 1. The van der Waals surface area contributed by atoms with Crippen LogP contribution < -0.4 is 11.1 Å². The molecule has 0 radical (unpaired) electrons. The average Bonchev–Trinajstić information content (AvgIpc) is 2.27. The molecule has 0 spiro atoms. The van der Waals surface area contributed by atoms with Gasteiger partial charge in [-0.2, -0.15) is 0 Å². The third kappa shape index (κ3) is 4.91. The molecule has 0 fully saturated rings. The first kappa shape index (κ1) is 15.5. The first-order chi connectivity index (χ1) is 8.77. The van der Waals surface area contributed by atoms with Gasteiger partial charge >= 0.3 is 6.09 Å². The van der Waals surface area contributed by atoms with Gasteiger partial charge in [0.05, 0.1) is 5.54 Å². The number of alkyl carbamates (subject to hydrolysis) is 1. The molecular weight excluding hydrogens is 240 g/mol. The second kappa shape index (κ2) is 6.06. The first-order valence-corrected chi connectivity index (χ1v) is 6.53. The van der Waals surface area contributed by atoms with Crippen LogP contribution in [0.15, 0.2) is 30.3 Å². The van der Waals surface area contributed by atoms with Crippen molar-refractivity contribution in [1.82, 2.24) is 5.32 Å². The molecule has 0 bridgehead atoms. The summed E-state index contributed by atoms with van der Waals surface area (Å²) >= 11 is 0. The lowest BCUT2D eigenvalue weighted by Gasteiger charge is -2.32. The van der Waals surface area contributed by atoms with Gasteiger partial charge in [0.15, 0.2) is 0 Å². The smallest absolute Gasteiger partial charge is 0.408 e. The number of benzene rings is 1. The van der Waals surface area contributed by atoms with Gasteiger partial charge in [0.25, 0.3) is 0 Å². The predicted octanol–water partition coefficient (Wildman–Crippen LogP) is 2.78. The number of hydrogen-bond donors (Lipinski definition) is 2. The molecule has 106 valence electrons. The van der Waals surface area contributed by atoms with Crippen LogP contribution in [-0.2, 0) is 10.3 Å². The molecule has 1 aromatic carbocycles. The Labute approximate surface area is 115 Å². The summed E-state index contributed by atoms with van der Waals surface area (Å²) in [5.74, 6) is 0. The Kier molecular flexibility index (Phi) is 4.95. The van der Waals surface area contributed by atoms with E-state index in [0.29, 0.717) is 13.0 Å². The summed E-state index contributed by atoms with van der Waals surface area (Å²) < 4.78 is 5.31. The minimum absolute atomic E-state index is 0.424. The second-order valence-electron chi connectivity index (χ2n) is 5.86. The molecule has 0 saturated heterocycles. The van der Waals surface area contributed by atoms with Crippen molar-refractivity contribution in [2.24, 2.45) is 5.73 Å². The van der Waals surface area contributed by atoms with Crippen LogP contribution in [0.5, 0.6) is 0 Å². The van der Waals surface area contributed by atoms with Gasteiger partial charge in [-0.25, -0.2) is 4.79 Å². The van der Waals surface area contributed by atoms with Crippen LogP contribution >= 0.6 is 0 Å². The van der Waals surface area contributed by atoms with E-state index in [2.05, 4.69) is 5.32 Å². The Hall–Kier alpha value is -1.55. The van der Waals surface area contributed by atoms with E-state index in [1.54, 1.807) is 0 Å². The Balaban J connectivity index is 2.86. The number of nitrogens with one attached hydrogen (secondary N) is 1. The monoisotopic (exact) mass is 264 g/mol. The summed E-state index contributed by atoms with van der Waals surface area (Å²) in [4.78, 5) is 11.9. The van der Waals surface area contributed by atoms with Gasteiger partial charge in [-0.15, -0.1) is 0 Å². The van der Waals surface area contributed by atoms with Crippen molar-refractivity contribution in [2.45, 2.75) is 45.3 Å². The molecule has 1 aromatic rings. The molecule has 0 saturated carbocycles. The lowest BCUT2D eigenvalue weighted by molar-refractivity contribution is 0.0457. The summed E-state index contributed by atoms with van der Waals surface area (Å²) in [6, 6.07) is 9.79. The summed E-state index contributed by atoms with van der Waals surface area (Å²) in [7, 11) is 0. The summed E-state index contributed by atoms with van der Waals surface area (Å²) in [6.07, 6.45) is 0.225. The van der Waals surface area contributed by atoms with Crippen molar-refractivity contribution in [3.05, 3.63) is 35.9 Å². The van der Waals surface area contributed by atoms with Gasteiger partial charge in [-0.05, 0) is 46.2 Å². The van der Waals surface area contributed by atoms with E-state index in [-0.39, 0.29) is 0 Å². The van der Waals surface area contributed by atoms with E-state index in [9.17, 15) is 4.79 Å². The van der Waals surface area contributed by atoms with E-state index in [1.807, 2.05) is 58.0 Å². The molecule has 1 rings (SSSR count). The Morgan fingerprint density at radius 3 is 2.26 bits per heavy atom. The number of ether oxygens (including phenoxy) is 1. The fourth-order valence-corrected chi connectivity index (χ4v) is 1.90.